The molecule has 0 spiro atoms. The van der Waals surface area contributed by atoms with E-state index in [1.807, 2.05) is 13.8 Å². The van der Waals surface area contributed by atoms with Crippen molar-refractivity contribution in [1.82, 2.24) is 0 Å². The number of ether oxygens (including phenoxy) is 5. The fraction of sp³-hybridized carbons (Fsp3) is 0.963. The monoisotopic (exact) mass is 550 g/mol. The highest BCUT2D eigenvalue weighted by atomic mass is 16.7. The van der Waals surface area contributed by atoms with Crippen LogP contribution in [0.2, 0.25) is 0 Å². The quantitative estimate of drug-likeness (QED) is 0.271. The summed E-state index contributed by atoms with van der Waals surface area (Å²) in [6.45, 7) is 7.09. The summed E-state index contributed by atoms with van der Waals surface area (Å²) < 4.78 is 28.4. The van der Waals surface area contributed by atoms with E-state index in [2.05, 4.69) is 0 Å². The van der Waals surface area contributed by atoms with Crippen LogP contribution in [0.5, 0.6) is 0 Å². The summed E-state index contributed by atoms with van der Waals surface area (Å²) in [5, 5.41) is 54.8. The first-order chi connectivity index (χ1) is 17.8. The fourth-order valence-electron chi connectivity index (χ4n) is 5.67. The maximum absolute atomic E-state index is 13.1. The normalized spacial score (nSPS) is 40.6. The molecule has 11 heteroatoms. The van der Waals surface area contributed by atoms with Gasteiger partial charge in [-0.15, -0.1) is 0 Å². The first kappa shape index (κ1) is 33.3. The largest absolute Gasteiger partial charge is 0.460 e. The Morgan fingerprint density at radius 1 is 1.00 bits per heavy atom. The molecule has 11 nitrogen and oxygen atoms in total. The second-order valence-electron chi connectivity index (χ2n) is 11.6. The second-order valence-corrected chi connectivity index (χ2v) is 11.6. The summed E-state index contributed by atoms with van der Waals surface area (Å²) in [7, 11) is 4.23. The van der Waals surface area contributed by atoms with Gasteiger partial charge in [0.25, 0.3) is 0 Å². The van der Waals surface area contributed by atoms with Gasteiger partial charge >= 0.3 is 5.97 Å². The summed E-state index contributed by atoms with van der Waals surface area (Å²) in [5.74, 6) is -3.26. The number of carbonyl (C=O) groups is 1. The zero-order valence-corrected chi connectivity index (χ0v) is 23.9. The molecule has 2 rings (SSSR count). The van der Waals surface area contributed by atoms with E-state index in [1.165, 1.54) is 21.3 Å². The lowest BCUT2D eigenvalue weighted by Gasteiger charge is -2.54. The van der Waals surface area contributed by atoms with Crippen LogP contribution in [0.4, 0.5) is 0 Å². The molecule has 0 aromatic heterocycles. The molecule has 11 atom stereocenters. The Morgan fingerprint density at radius 3 is 2.13 bits per heavy atom. The number of hydrogen-bond donors (Lipinski definition) is 5. The third kappa shape index (κ3) is 7.24. The fourth-order valence-corrected chi connectivity index (χ4v) is 5.67. The lowest BCUT2D eigenvalue weighted by Crippen LogP contribution is -2.68. The van der Waals surface area contributed by atoms with Crippen LogP contribution in [-0.4, -0.2) is 114 Å². The molecule has 1 unspecified atom stereocenters. The van der Waals surface area contributed by atoms with E-state index in [4.69, 9.17) is 23.7 Å². The molecule has 2 aliphatic rings. The molecule has 2 heterocycles. The third-order valence-electron chi connectivity index (χ3n) is 8.80. The standard InChI is InChI=1S/C27H50O11/c1-8-16(14-28)9-15(2)19-10-17(34-5)13-22(29)26(3,4)27(33)24(31)21(36-7)12-18(38-27)11-20(35-6)23(30)25(32)37-19/h15-24,28-31,33H,8-14H2,1-7H3/t15?,16-,17-,18+,19+,20-,21-,22+,23+,24-,27+/m1/s1. The average Bonchev–Trinajstić information content (AvgIpc) is 2.89. The van der Waals surface area contributed by atoms with Crippen LogP contribution in [-0.2, 0) is 28.5 Å². The minimum atomic E-state index is -2.22. The molecular formula is C27H50O11. The number of esters is 1. The van der Waals surface area contributed by atoms with Crippen LogP contribution < -0.4 is 0 Å². The van der Waals surface area contributed by atoms with Crippen molar-refractivity contribution in [3.05, 3.63) is 0 Å². The molecule has 2 saturated heterocycles. The van der Waals surface area contributed by atoms with Crippen molar-refractivity contribution in [3.8, 4) is 0 Å². The zero-order valence-electron chi connectivity index (χ0n) is 23.9. The van der Waals surface area contributed by atoms with Crippen LogP contribution in [0, 0.1) is 17.3 Å². The molecule has 224 valence electrons. The van der Waals surface area contributed by atoms with E-state index in [0.717, 1.165) is 6.42 Å². The van der Waals surface area contributed by atoms with Gasteiger partial charge in [-0.05, 0) is 18.3 Å². The highest BCUT2D eigenvalue weighted by Crippen LogP contribution is 2.46. The van der Waals surface area contributed by atoms with E-state index in [-0.39, 0.29) is 44.1 Å². The number of aliphatic hydroxyl groups excluding tert-OH is 4. The van der Waals surface area contributed by atoms with Crippen LogP contribution in [0.3, 0.4) is 0 Å². The van der Waals surface area contributed by atoms with Gasteiger partial charge in [0.05, 0.1) is 30.5 Å². The number of carbonyl (C=O) groups excluding carboxylic acids is 1. The summed E-state index contributed by atoms with van der Waals surface area (Å²) in [4.78, 5) is 13.1. The Kier molecular flexibility index (Phi) is 12.4. The van der Waals surface area contributed by atoms with Gasteiger partial charge in [0, 0.05) is 59.0 Å². The zero-order chi connectivity index (χ0) is 28.8. The minimum Gasteiger partial charge on any atom is -0.460 e. The van der Waals surface area contributed by atoms with Crippen molar-refractivity contribution in [2.75, 3.05) is 27.9 Å². The molecular weight excluding hydrogens is 500 g/mol. The highest BCUT2D eigenvalue weighted by Gasteiger charge is 2.60. The molecule has 2 bridgehead atoms. The van der Waals surface area contributed by atoms with Crippen molar-refractivity contribution in [3.63, 3.8) is 0 Å². The number of rotatable bonds is 8. The smallest absolute Gasteiger partial charge is 0.337 e. The van der Waals surface area contributed by atoms with Crippen LogP contribution in [0.1, 0.15) is 66.2 Å². The van der Waals surface area contributed by atoms with Gasteiger partial charge < -0.3 is 49.2 Å². The maximum atomic E-state index is 13.1. The first-order valence-electron chi connectivity index (χ1n) is 13.6. The Bertz CT molecular complexity index is 730. The molecule has 0 aliphatic carbocycles. The molecule has 38 heavy (non-hydrogen) atoms. The van der Waals surface area contributed by atoms with E-state index in [9.17, 15) is 30.3 Å². The molecule has 0 aromatic rings. The average molecular weight is 551 g/mol. The number of methoxy groups -OCH3 is 3. The van der Waals surface area contributed by atoms with Gasteiger partial charge in [0.1, 0.15) is 12.2 Å². The Hall–Kier alpha value is -0.890. The lowest BCUT2D eigenvalue weighted by molar-refractivity contribution is -0.379. The van der Waals surface area contributed by atoms with Crippen molar-refractivity contribution in [2.24, 2.45) is 17.3 Å². The molecule has 0 aromatic carbocycles. The second kappa shape index (κ2) is 14.1. The van der Waals surface area contributed by atoms with E-state index >= 15 is 0 Å². The lowest BCUT2D eigenvalue weighted by atomic mass is 9.70. The van der Waals surface area contributed by atoms with Crippen LogP contribution in [0.15, 0.2) is 0 Å². The molecule has 0 amide bonds. The first-order valence-corrected chi connectivity index (χ1v) is 13.6. The summed E-state index contributed by atoms with van der Waals surface area (Å²) in [6, 6.07) is 0. The highest BCUT2D eigenvalue weighted by molar-refractivity contribution is 5.75. The van der Waals surface area contributed by atoms with Crippen molar-refractivity contribution < 1.29 is 54.0 Å². The number of aliphatic hydroxyl groups is 5. The van der Waals surface area contributed by atoms with E-state index in [1.54, 1.807) is 13.8 Å². The van der Waals surface area contributed by atoms with Gasteiger partial charge in [-0.25, -0.2) is 4.79 Å². The van der Waals surface area contributed by atoms with Crippen molar-refractivity contribution in [1.29, 1.82) is 0 Å². The predicted octanol–water partition coefficient (Wildman–Crippen LogP) is 0.758. The van der Waals surface area contributed by atoms with Gasteiger partial charge in [0.15, 0.2) is 6.10 Å². The van der Waals surface area contributed by atoms with E-state index in [0.29, 0.717) is 6.42 Å². The van der Waals surface area contributed by atoms with Gasteiger partial charge in [-0.3, -0.25) is 0 Å². The predicted molar refractivity (Wildman–Crippen MR) is 137 cm³/mol. The minimum absolute atomic E-state index is 0.00125. The van der Waals surface area contributed by atoms with Gasteiger partial charge in [0.2, 0.25) is 5.79 Å². The molecule has 0 saturated carbocycles. The van der Waals surface area contributed by atoms with Crippen LogP contribution >= 0.6 is 0 Å². The van der Waals surface area contributed by atoms with Crippen molar-refractivity contribution in [2.45, 2.75) is 121 Å². The van der Waals surface area contributed by atoms with Gasteiger partial charge in [-0.1, -0.05) is 34.1 Å². The molecule has 5 N–H and O–H groups in total. The molecule has 2 aliphatic heterocycles. The van der Waals surface area contributed by atoms with Crippen LogP contribution in [0.25, 0.3) is 0 Å². The summed E-state index contributed by atoms with van der Waals surface area (Å²) >= 11 is 0. The Labute approximate surface area is 226 Å². The van der Waals surface area contributed by atoms with Gasteiger partial charge in [-0.2, -0.15) is 0 Å². The summed E-state index contributed by atoms with van der Waals surface area (Å²) in [5.41, 5.74) is -1.38. The SMILES string of the molecule is CC[C@@H](CO)CC(C)[C@@H]1C[C@@H](OC)C[C@H](O)C(C)(C)[C@@]2(O)O[C@@H](C[C@@H](OC)[C@H](O)C(=O)O1)C[C@@H](OC)[C@H]2O. The Balaban J connectivity index is 2.50. The number of cyclic esters (lactones) is 1. The summed E-state index contributed by atoms with van der Waals surface area (Å²) in [6.07, 6.45) is -6.49. The molecule has 2 fully saturated rings. The van der Waals surface area contributed by atoms with Crippen molar-refractivity contribution >= 4 is 5.97 Å². The van der Waals surface area contributed by atoms with E-state index < -0.39 is 66.0 Å². The maximum Gasteiger partial charge on any atom is 0.337 e. The molecule has 0 radical (unpaired) electrons. The topological polar surface area (TPSA) is 164 Å². The third-order valence-corrected chi connectivity index (χ3v) is 8.80. The number of hydrogen-bond acceptors (Lipinski definition) is 11. The number of fused-ring (bicyclic) bond motifs is 2. The Morgan fingerprint density at radius 2 is 1.61 bits per heavy atom.